The summed E-state index contributed by atoms with van der Waals surface area (Å²) in [7, 11) is 0. The van der Waals surface area contributed by atoms with Crippen LogP contribution in [0.4, 0.5) is 0 Å². The molecule has 1 aromatic carbocycles. The SMILES string of the molecule is Cc1ccc(Br)cc1C(=O)N[C@H](CC(C)C)C(=O)O. The molecule has 1 rings (SSSR count). The van der Waals surface area contributed by atoms with Crippen LogP contribution in [0, 0.1) is 12.8 Å². The van der Waals surface area contributed by atoms with Gasteiger partial charge in [-0.2, -0.15) is 0 Å². The topological polar surface area (TPSA) is 66.4 Å². The lowest BCUT2D eigenvalue weighted by Crippen LogP contribution is -2.41. The van der Waals surface area contributed by atoms with Crippen LogP contribution in [0.1, 0.15) is 36.2 Å². The minimum absolute atomic E-state index is 0.199. The predicted molar refractivity (Wildman–Crippen MR) is 77.2 cm³/mol. The second-order valence-corrected chi connectivity index (χ2v) is 5.87. The van der Waals surface area contributed by atoms with Gasteiger partial charge in [0.05, 0.1) is 0 Å². The highest BCUT2D eigenvalue weighted by Crippen LogP contribution is 2.16. The van der Waals surface area contributed by atoms with Crippen LogP contribution in [0.3, 0.4) is 0 Å². The molecule has 4 nitrogen and oxygen atoms in total. The molecule has 0 aromatic heterocycles. The number of carbonyl (C=O) groups is 2. The minimum Gasteiger partial charge on any atom is -0.480 e. The van der Waals surface area contributed by atoms with Crippen molar-refractivity contribution in [1.82, 2.24) is 5.32 Å². The first-order valence-electron chi connectivity index (χ1n) is 6.11. The number of nitrogens with one attached hydrogen (secondary N) is 1. The van der Waals surface area contributed by atoms with E-state index in [0.717, 1.165) is 10.0 Å². The molecule has 2 N–H and O–H groups in total. The van der Waals surface area contributed by atoms with E-state index in [1.54, 1.807) is 6.07 Å². The van der Waals surface area contributed by atoms with Gasteiger partial charge in [0.2, 0.25) is 0 Å². The Balaban J connectivity index is 2.87. The number of rotatable bonds is 5. The summed E-state index contributed by atoms with van der Waals surface area (Å²) in [6, 6.07) is 4.50. The number of hydrogen-bond donors (Lipinski definition) is 2. The highest BCUT2D eigenvalue weighted by molar-refractivity contribution is 9.10. The van der Waals surface area contributed by atoms with Gasteiger partial charge in [-0.3, -0.25) is 4.79 Å². The second-order valence-electron chi connectivity index (χ2n) is 4.95. The van der Waals surface area contributed by atoms with E-state index in [4.69, 9.17) is 5.11 Å². The summed E-state index contributed by atoms with van der Waals surface area (Å²) in [6.07, 6.45) is 0.411. The third kappa shape index (κ3) is 4.67. The molecule has 0 aliphatic heterocycles. The molecule has 0 saturated carbocycles. The normalized spacial score (nSPS) is 12.3. The van der Waals surface area contributed by atoms with Gasteiger partial charge in [-0.05, 0) is 37.0 Å². The van der Waals surface area contributed by atoms with Gasteiger partial charge in [0, 0.05) is 10.0 Å². The van der Waals surface area contributed by atoms with Crippen LogP contribution in [-0.4, -0.2) is 23.0 Å². The van der Waals surface area contributed by atoms with Gasteiger partial charge < -0.3 is 10.4 Å². The van der Waals surface area contributed by atoms with Crippen LogP contribution >= 0.6 is 15.9 Å². The van der Waals surface area contributed by atoms with E-state index in [1.807, 2.05) is 32.9 Å². The molecular weight excluding hydrogens is 310 g/mol. The van der Waals surface area contributed by atoms with Crippen molar-refractivity contribution in [2.24, 2.45) is 5.92 Å². The maximum absolute atomic E-state index is 12.1. The number of halogens is 1. The molecule has 0 unspecified atom stereocenters. The van der Waals surface area contributed by atoms with E-state index in [0.29, 0.717) is 12.0 Å². The molecule has 0 spiro atoms. The molecule has 0 heterocycles. The van der Waals surface area contributed by atoms with Gasteiger partial charge in [-0.15, -0.1) is 0 Å². The summed E-state index contributed by atoms with van der Waals surface area (Å²) in [5.74, 6) is -1.16. The number of amides is 1. The van der Waals surface area contributed by atoms with Crippen LogP contribution in [0.2, 0.25) is 0 Å². The summed E-state index contributed by atoms with van der Waals surface area (Å²) in [5, 5.41) is 11.7. The van der Waals surface area contributed by atoms with Crippen molar-refractivity contribution in [3.63, 3.8) is 0 Å². The van der Waals surface area contributed by atoms with E-state index in [2.05, 4.69) is 21.2 Å². The number of carboxylic acid groups (broad SMARTS) is 1. The minimum atomic E-state index is -1.00. The Morgan fingerprint density at radius 3 is 2.53 bits per heavy atom. The van der Waals surface area contributed by atoms with E-state index in [1.165, 1.54) is 0 Å². The Morgan fingerprint density at radius 2 is 2.00 bits per heavy atom. The summed E-state index contributed by atoms with van der Waals surface area (Å²) < 4.78 is 0.791. The molecule has 1 aromatic rings. The van der Waals surface area contributed by atoms with Crippen LogP contribution < -0.4 is 5.32 Å². The molecule has 0 bridgehead atoms. The smallest absolute Gasteiger partial charge is 0.326 e. The van der Waals surface area contributed by atoms with Crippen LogP contribution in [0.5, 0.6) is 0 Å². The Bertz CT molecular complexity index is 486. The lowest BCUT2D eigenvalue weighted by molar-refractivity contribution is -0.139. The summed E-state index contributed by atoms with van der Waals surface area (Å²) in [5.41, 5.74) is 1.30. The first-order chi connectivity index (χ1) is 8.81. The Hall–Kier alpha value is -1.36. The molecule has 1 amide bonds. The van der Waals surface area contributed by atoms with Crippen molar-refractivity contribution in [2.75, 3.05) is 0 Å². The molecule has 19 heavy (non-hydrogen) atoms. The standard InChI is InChI=1S/C14H18BrNO3/c1-8(2)6-12(14(18)19)16-13(17)11-7-10(15)5-4-9(11)3/h4-5,7-8,12H,6H2,1-3H3,(H,16,17)(H,18,19)/t12-/m1/s1. The quantitative estimate of drug-likeness (QED) is 0.873. The number of aliphatic carboxylic acids is 1. The van der Waals surface area contributed by atoms with Gasteiger partial charge in [0.15, 0.2) is 0 Å². The first-order valence-corrected chi connectivity index (χ1v) is 6.90. The number of aryl methyl sites for hydroxylation is 1. The third-order valence-electron chi connectivity index (χ3n) is 2.75. The number of carboxylic acids is 1. The zero-order chi connectivity index (χ0) is 14.6. The molecule has 0 radical (unpaired) electrons. The highest BCUT2D eigenvalue weighted by Gasteiger charge is 2.22. The average Bonchev–Trinajstić information content (AvgIpc) is 2.30. The fourth-order valence-corrected chi connectivity index (χ4v) is 2.13. The zero-order valence-corrected chi connectivity index (χ0v) is 12.8. The van der Waals surface area contributed by atoms with Gasteiger partial charge in [-0.25, -0.2) is 4.79 Å². The maximum Gasteiger partial charge on any atom is 0.326 e. The van der Waals surface area contributed by atoms with Crippen molar-refractivity contribution in [1.29, 1.82) is 0 Å². The Kier molecular flexibility index (Phi) is 5.54. The van der Waals surface area contributed by atoms with Crippen LogP contribution in [-0.2, 0) is 4.79 Å². The van der Waals surface area contributed by atoms with E-state index < -0.39 is 12.0 Å². The third-order valence-corrected chi connectivity index (χ3v) is 3.25. The molecule has 0 aliphatic rings. The molecule has 104 valence electrons. The van der Waals surface area contributed by atoms with Crippen LogP contribution in [0.25, 0.3) is 0 Å². The van der Waals surface area contributed by atoms with Gasteiger partial charge in [0.1, 0.15) is 6.04 Å². The van der Waals surface area contributed by atoms with Crippen molar-refractivity contribution in [3.8, 4) is 0 Å². The van der Waals surface area contributed by atoms with Gasteiger partial charge >= 0.3 is 5.97 Å². The van der Waals surface area contributed by atoms with Crippen molar-refractivity contribution in [3.05, 3.63) is 33.8 Å². The van der Waals surface area contributed by atoms with Crippen molar-refractivity contribution < 1.29 is 14.7 Å². The molecule has 0 saturated heterocycles. The van der Waals surface area contributed by atoms with E-state index >= 15 is 0 Å². The fraction of sp³-hybridized carbons (Fsp3) is 0.429. The highest BCUT2D eigenvalue weighted by atomic mass is 79.9. The molecular formula is C14H18BrNO3. The monoisotopic (exact) mass is 327 g/mol. The fourth-order valence-electron chi connectivity index (χ4n) is 1.77. The number of carbonyl (C=O) groups excluding carboxylic acids is 1. The Morgan fingerprint density at radius 1 is 1.37 bits per heavy atom. The second kappa shape index (κ2) is 6.70. The Labute approximate surface area is 121 Å². The first kappa shape index (κ1) is 15.7. The lowest BCUT2D eigenvalue weighted by atomic mass is 10.0. The number of hydrogen-bond acceptors (Lipinski definition) is 2. The van der Waals surface area contributed by atoms with E-state index in [-0.39, 0.29) is 11.8 Å². The van der Waals surface area contributed by atoms with Crippen LogP contribution in [0.15, 0.2) is 22.7 Å². The molecule has 5 heteroatoms. The number of benzene rings is 1. The zero-order valence-electron chi connectivity index (χ0n) is 11.2. The molecule has 0 aliphatic carbocycles. The van der Waals surface area contributed by atoms with Gasteiger partial charge in [0.25, 0.3) is 5.91 Å². The summed E-state index contributed by atoms with van der Waals surface area (Å²) in [4.78, 5) is 23.2. The maximum atomic E-state index is 12.1. The van der Waals surface area contributed by atoms with Crippen molar-refractivity contribution in [2.45, 2.75) is 33.2 Å². The van der Waals surface area contributed by atoms with E-state index in [9.17, 15) is 9.59 Å². The molecule has 1 atom stereocenters. The summed E-state index contributed by atoms with van der Waals surface area (Å²) in [6.45, 7) is 5.67. The summed E-state index contributed by atoms with van der Waals surface area (Å²) >= 11 is 3.30. The van der Waals surface area contributed by atoms with Gasteiger partial charge in [-0.1, -0.05) is 35.8 Å². The van der Waals surface area contributed by atoms with Crippen molar-refractivity contribution >= 4 is 27.8 Å². The molecule has 0 fully saturated rings. The predicted octanol–water partition coefficient (Wildman–Crippen LogP) is 2.99. The lowest BCUT2D eigenvalue weighted by Gasteiger charge is -2.17. The largest absolute Gasteiger partial charge is 0.480 e. The average molecular weight is 328 g/mol.